The Morgan fingerprint density at radius 1 is 0.756 bits per heavy atom. The van der Waals surface area contributed by atoms with Gasteiger partial charge in [-0.05, 0) is 141 Å². The topological polar surface area (TPSA) is 97.1 Å². The van der Waals surface area contributed by atoms with Crippen molar-refractivity contribution in [1.82, 2.24) is 0 Å². The highest BCUT2D eigenvalue weighted by Gasteiger charge is 1.99. The minimum Gasteiger partial charge on any atom is -0.494 e. The lowest BCUT2D eigenvalue weighted by molar-refractivity contribution is -0.138. The standard InChI is InChI=1S/C16H21IO3.C8H10INO.C7H11BrO2/c1-3-19-16(18)12-13(2)6-4-5-11-20-15-9-7-14(17)8-10-15;9-7-1-3-8(4-2-7)11-6-5-10;1-3-10-7(9)4-6(2)5-8/h7-10,12H,3-6,11H2,1-2H3;1-4H,5-6,10H2;4H,3,5H2,1-2H3/b13-12+;;6-4+. The van der Waals surface area contributed by atoms with E-state index in [0.717, 1.165) is 41.9 Å². The predicted molar refractivity (Wildman–Crippen MR) is 187 cm³/mol. The number of nitrogens with two attached hydrogens (primary N) is 1. The predicted octanol–water partition coefficient (Wildman–Crippen LogP) is 7.87. The van der Waals surface area contributed by atoms with Crippen LogP contribution in [0.2, 0.25) is 0 Å². The molecule has 228 valence electrons. The Kier molecular flexibility index (Phi) is 25.0. The second-order valence-electron chi connectivity index (χ2n) is 8.47. The molecule has 0 fully saturated rings. The molecule has 0 amide bonds. The number of benzene rings is 2. The summed E-state index contributed by atoms with van der Waals surface area (Å²) in [4.78, 5) is 21.9. The number of hydrogen-bond acceptors (Lipinski definition) is 7. The van der Waals surface area contributed by atoms with Gasteiger partial charge in [0.2, 0.25) is 0 Å². The average molecular weight is 858 g/mol. The first kappa shape index (κ1) is 39.4. The van der Waals surface area contributed by atoms with Crippen molar-refractivity contribution < 1.29 is 28.5 Å². The van der Waals surface area contributed by atoms with Gasteiger partial charge < -0.3 is 24.7 Å². The van der Waals surface area contributed by atoms with E-state index in [1.165, 1.54) is 13.2 Å². The van der Waals surface area contributed by atoms with Crippen LogP contribution >= 0.6 is 61.1 Å². The lowest BCUT2D eigenvalue weighted by Crippen LogP contribution is -2.10. The molecule has 0 aliphatic rings. The number of rotatable bonds is 14. The van der Waals surface area contributed by atoms with E-state index in [0.29, 0.717) is 38.3 Å². The monoisotopic (exact) mass is 857 g/mol. The molecule has 0 saturated heterocycles. The van der Waals surface area contributed by atoms with Gasteiger partial charge in [0.1, 0.15) is 18.1 Å². The number of halogens is 3. The molecule has 0 radical (unpaired) electrons. The number of hydrogen-bond donors (Lipinski definition) is 1. The quantitative estimate of drug-likeness (QED) is 0.0680. The summed E-state index contributed by atoms with van der Waals surface area (Å²) in [6.45, 7) is 10.1. The maximum Gasteiger partial charge on any atom is 0.330 e. The Hall–Kier alpha value is -1.64. The van der Waals surface area contributed by atoms with Gasteiger partial charge in [0, 0.05) is 31.2 Å². The van der Waals surface area contributed by atoms with Crippen molar-refractivity contribution in [2.75, 3.05) is 38.3 Å². The Bertz CT molecular complexity index is 1040. The summed E-state index contributed by atoms with van der Waals surface area (Å²) in [7, 11) is 0. The summed E-state index contributed by atoms with van der Waals surface area (Å²) in [5, 5.41) is 0.714. The molecule has 0 atom stereocenters. The van der Waals surface area contributed by atoms with E-state index in [-0.39, 0.29) is 11.9 Å². The van der Waals surface area contributed by atoms with Crippen LogP contribution in [-0.2, 0) is 19.1 Å². The third kappa shape index (κ3) is 23.6. The van der Waals surface area contributed by atoms with Gasteiger partial charge in [-0.15, -0.1) is 0 Å². The molecule has 2 rings (SSSR count). The molecule has 2 aromatic rings. The maximum atomic E-state index is 11.2. The van der Waals surface area contributed by atoms with Gasteiger partial charge in [-0.1, -0.05) is 27.1 Å². The van der Waals surface area contributed by atoms with Crippen LogP contribution in [-0.4, -0.2) is 50.2 Å². The van der Waals surface area contributed by atoms with Gasteiger partial charge in [0.25, 0.3) is 0 Å². The molecule has 0 heterocycles. The SMILES string of the molecule is CCOC(=O)/C=C(\C)CBr.CCOC(=O)/C=C(\C)CCCCOc1ccc(I)cc1.NCCOc1ccc(I)cc1. The molecule has 0 aliphatic carbocycles. The zero-order valence-corrected chi connectivity index (χ0v) is 30.2. The van der Waals surface area contributed by atoms with Crippen LogP contribution in [0.4, 0.5) is 0 Å². The third-order valence-electron chi connectivity index (χ3n) is 4.76. The van der Waals surface area contributed by atoms with Crippen molar-refractivity contribution in [2.24, 2.45) is 5.73 Å². The summed E-state index contributed by atoms with van der Waals surface area (Å²) in [6.07, 6.45) is 5.93. The van der Waals surface area contributed by atoms with Crippen LogP contribution in [0.5, 0.6) is 11.5 Å². The highest BCUT2D eigenvalue weighted by molar-refractivity contribution is 14.1. The van der Waals surface area contributed by atoms with Crippen LogP contribution in [0.25, 0.3) is 0 Å². The first-order chi connectivity index (χ1) is 19.6. The van der Waals surface area contributed by atoms with Crippen LogP contribution in [0.3, 0.4) is 0 Å². The van der Waals surface area contributed by atoms with Crippen molar-refractivity contribution in [1.29, 1.82) is 0 Å². The number of alkyl halides is 1. The molecule has 0 spiro atoms. The Balaban J connectivity index is 0.000000644. The molecule has 0 saturated carbocycles. The van der Waals surface area contributed by atoms with Gasteiger partial charge in [0.05, 0.1) is 19.8 Å². The second kappa shape index (κ2) is 26.0. The molecule has 0 aliphatic heterocycles. The fraction of sp³-hybridized carbons (Fsp3) is 0.419. The van der Waals surface area contributed by atoms with E-state index in [9.17, 15) is 9.59 Å². The van der Waals surface area contributed by atoms with Crippen molar-refractivity contribution in [3.05, 3.63) is 79.0 Å². The molecule has 2 N–H and O–H groups in total. The fourth-order valence-electron chi connectivity index (χ4n) is 2.82. The van der Waals surface area contributed by atoms with Crippen molar-refractivity contribution in [3.63, 3.8) is 0 Å². The zero-order valence-electron chi connectivity index (χ0n) is 24.3. The van der Waals surface area contributed by atoms with Gasteiger partial charge in [0.15, 0.2) is 0 Å². The Morgan fingerprint density at radius 2 is 1.20 bits per heavy atom. The molecule has 0 aromatic heterocycles. The lowest BCUT2D eigenvalue weighted by atomic mass is 10.1. The zero-order chi connectivity index (χ0) is 30.9. The van der Waals surface area contributed by atoms with Crippen LogP contribution in [0, 0.1) is 7.14 Å². The van der Waals surface area contributed by atoms with Crippen LogP contribution in [0.1, 0.15) is 47.0 Å². The number of carbonyl (C=O) groups is 2. The third-order valence-corrected chi connectivity index (χ3v) is 7.08. The molecule has 7 nitrogen and oxygen atoms in total. The van der Waals surface area contributed by atoms with Gasteiger partial charge >= 0.3 is 11.9 Å². The maximum absolute atomic E-state index is 11.2. The van der Waals surface area contributed by atoms with Gasteiger partial charge in [-0.2, -0.15) is 0 Å². The molecule has 41 heavy (non-hydrogen) atoms. The van der Waals surface area contributed by atoms with Gasteiger partial charge in [-0.25, -0.2) is 9.59 Å². The molecule has 10 heteroatoms. The minimum atomic E-state index is -0.264. The van der Waals surface area contributed by atoms with Crippen LogP contribution in [0.15, 0.2) is 71.8 Å². The highest BCUT2D eigenvalue weighted by atomic mass is 127. The number of allylic oxidation sites excluding steroid dienone is 2. The highest BCUT2D eigenvalue weighted by Crippen LogP contribution is 2.15. The van der Waals surface area contributed by atoms with E-state index in [1.54, 1.807) is 13.0 Å². The summed E-state index contributed by atoms with van der Waals surface area (Å²) in [6, 6.07) is 15.9. The van der Waals surface area contributed by atoms with Gasteiger partial charge in [-0.3, -0.25) is 0 Å². The van der Waals surface area contributed by atoms with E-state index < -0.39 is 0 Å². The van der Waals surface area contributed by atoms with Crippen LogP contribution < -0.4 is 15.2 Å². The molecule has 0 bridgehead atoms. The fourth-order valence-corrected chi connectivity index (χ4v) is 3.70. The molecule has 0 unspecified atom stereocenters. The number of ether oxygens (including phenoxy) is 4. The molecular weight excluding hydrogens is 816 g/mol. The first-order valence-corrected chi connectivity index (χ1v) is 16.6. The van der Waals surface area contributed by atoms with Crippen molar-refractivity contribution >= 4 is 73.1 Å². The van der Waals surface area contributed by atoms with Crippen molar-refractivity contribution in [3.8, 4) is 11.5 Å². The number of esters is 2. The summed E-state index contributed by atoms with van der Waals surface area (Å²) >= 11 is 7.74. The number of unbranched alkanes of at least 4 members (excludes halogenated alkanes) is 1. The van der Waals surface area contributed by atoms with E-state index in [4.69, 9.17) is 19.9 Å². The van der Waals surface area contributed by atoms with E-state index in [2.05, 4.69) is 65.8 Å². The van der Waals surface area contributed by atoms with Crippen molar-refractivity contribution in [2.45, 2.75) is 47.0 Å². The Morgan fingerprint density at radius 3 is 1.61 bits per heavy atom. The first-order valence-electron chi connectivity index (χ1n) is 13.4. The summed E-state index contributed by atoms with van der Waals surface area (Å²) in [5.74, 6) is 1.28. The average Bonchev–Trinajstić information content (AvgIpc) is 2.94. The normalized spacial score (nSPS) is 10.8. The van der Waals surface area contributed by atoms with E-state index in [1.807, 2.05) is 69.3 Å². The summed E-state index contributed by atoms with van der Waals surface area (Å²) in [5.41, 5.74) is 7.30. The smallest absolute Gasteiger partial charge is 0.330 e. The second-order valence-corrected chi connectivity index (χ2v) is 11.5. The minimum absolute atomic E-state index is 0.250. The lowest BCUT2D eigenvalue weighted by Gasteiger charge is -2.06. The molecular formula is C31H42BrI2NO6. The number of carbonyl (C=O) groups excluding carboxylic acids is 2. The largest absolute Gasteiger partial charge is 0.494 e. The summed E-state index contributed by atoms with van der Waals surface area (Å²) < 4.78 is 22.9. The Labute approximate surface area is 281 Å². The molecule has 2 aromatic carbocycles. The van der Waals surface area contributed by atoms with E-state index >= 15 is 0 Å².